The second-order valence-electron chi connectivity index (χ2n) is 17.3. The molecule has 0 aliphatic heterocycles. The van der Waals surface area contributed by atoms with Crippen LogP contribution in [0.4, 0.5) is 26.7 Å². The number of aliphatic hydroxyl groups excluding tert-OH is 2. The zero-order valence-corrected chi connectivity index (χ0v) is 47.6. The summed E-state index contributed by atoms with van der Waals surface area (Å²) in [5.41, 5.74) is 6.10. The molecule has 5 rings (SSSR count). The predicted octanol–water partition coefficient (Wildman–Crippen LogP) is 7.92. The first-order valence-electron chi connectivity index (χ1n) is 24.4. The summed E-state index contributed by atoms with van der Waals surface area (Å²) < 4.78 is 54.4. The van der Waals surface area contributed by atoms with Crippen molar-refractivity contribution in [2.24, 2.45) is 5.73 Å². The number of hydrogen-bond donors (Lipinski definition) is 9. The molecule has 4 aromatic carbocycles. The van der Waals surface area contributed by atoms with E-state index in [-0.39, 0.29) is 89.1 Å². The van der Waals surface area contributed by atoms with Crippen molar-refractivity contribution in [3.63, 3.8) is 0 Å². The summed E-state index contributed by atoms with van der Waals surface area (Å²) in [6.45, 7) is -0.00672. The van der Waals surface area contributed by atoms with Gasteiger partial charge in [-0.3, -0.25) is 49.1 Å². The zero-order chi connectivity index (χ0) is 63.9. The van der Waals surface area contributed by atoms with Crippen molar-refractivity contribution in [2.45, 2.75) is 78.0 Å². The maximum absolute atomic E-state index is 12.6. The quantitative estimate of drug-likeness (QED) is 0.00548. The molecular formula is C54H71N6O25P3+2. The molecule has 0 saturated heterocycles. The summed E-state index contributed by atoms with van der Waals surface area (Å²) in [7, 11) is -8.62. The molecule has 8 atom stereocenters. The Kier molecular flexibility index (Phi) is 38.1. The normalized spacial score (nSPS) is 13.9. The summed E-state index contributed by atoms with van der Waals surface area (Å²) in [4.78, 5) is 126. The Bertz CT molecular complexity index is 3180. The number of methoxy groups -OCH3 is 2. The third-order valence-corrected chi connectivity index (χ3v) is 15.7. The molecule has 1 aliphatic carbocycles. The number of benzene rings is 4. The van der Waals surface area contributed by atoms with Crippen LogP contribution in [0.1, 0.15) is 80.3 Å². The van der Waals surface area contributed by atoms with Crippen LogP contribution in [0.5, 0.6) is 0 Å². The number of carbonyl (C=O) groups excluding carboxylic acids is 5. The van der Waals surface area contributed by atoms with E-state index in [1.54, 1.807) is 54.6 Å². The van der Waals surface area contributed by atoms with E-state index in [1.807, 2.05) is 0 Å². The number of carboxylic acid groups (broad SMARTS) is 1. The fraction of sp³-hybridized carbons (Fsp3) is 0.333. The molecule has 0 bridgehead atoms. The van der Waals surface area contributed by atoms with Crippen molar-refractivity contribution in [3.05, 3.63) is 192 Å². The van der Waals surface area contributed by atoms with Gasteiger partial charge in [-0.25, -0.2) is 19.2 Å². The molecule has 2 amide bonds. The molecule has 0 aromatic heterocycles. The van der Waals surface area contributed by atoms with Gasteiger partial charge in [0.05, 0.1) is 41.1 Å². The number of aldehydes is 1. The van der Waals surface area contributed by atoms with Gasteiger partial charge in [-0.1, -0.05) is 89.0 Å². The molecule has 0 spiro atoms. The van der Waals surface area contributed by atoms with Crippen LogP contribution in [0.15, 0.2) is 133 Å². The molecule has 31 nitrogen and oxygen atoms in total. The molecule has 0 radical (unpaired) electrons. The van der Waals surface area contributed by atoms with Gasteiger partial charge < -0.3 is 60.4 Å². The number of ether oxygens (including phenoxy) is 4. The van der Waals surface area contributed by atoms with Crippen LogP contribution in [-0.2, 0) is 53.6 Å². The van der Waals surface area contributed by atoms with Gasteiger partial charge in [-0.2, -0.15) is 4.89 Å². The highest BCUT2D eigenvalue weighted by atomic mass is 31.2. The molecule has 10 N–H and O–H groups in total. The van der Waals surface area contributed by atoms with E-state index in [0.717, 1.165) is 30.4 Å². The molecule has 0 heterocycles. The van der Waals surface area contributed by atoms with Gasteiger partial charge in [0.15, 0.2) is 17.9 Å². The number of carbonyl (C=O) groups is 6. The maximum atomic E-state index is 12.6. The Morgan fingerprint density at radius 2 is 1.12 bits per heavy atom. The number of nitrogens with zero attached hydrogens (tertiary/aromatic N) is 3. The molecule has 4 aromatic rings. The first kappa shape index (κ1) is 81.2. The highest BCUT2D eigenvalue weighted by Crippen LogP contribution is 2.55. The Morgan fingerprint density at radius 3 is 1.55 bits per heavy atom. The SMILES string of the molecule is C.C.C.COC(=O)[C@H](CCP(=O)(O)C(O)c1cccc([N+](=O)[O-])c1)NC(=O)OCc1ccccc1.COC(=O)[C@H](CC[P+](=O)O)NC(=O)OCC1=CC=[C+]C=C1.N[C@@H](CCP(=O)(O)C(O)c1cccc([N+](=O)[O-])c1)C(=O)O.O=Cc1cccc([N+](=O)[O-])c1. The zero-order valence-electron chi connectivity index (χ0n) is 44.9. The number of nitro benzene ring substituents is 3. The number of rotatable bonds is 26. The number of esters is 2. The van der Waals surface area contributed by atoms with Crippen LogP contribution in [0.2, 0.25) is 0 Å². The molecule has 0 saturated carbocycles. The van der Waals surface area contributed by atoms with E-state index in [2.05, 4.69) is 26.2 Å². The summed E-state index contributed by atoms with van der Waals surface area (Å²) in [5.74, 6) is -6.63. The fourth-order valence-electron chi connectivity index (χ4n) is 6.56. The highest BCUT2D eigenvalue weighted by Gasteiger charge is 2.35. The first-order chi connectivity index (χ1) is 40.0. The van der Waals surface area contributed by atoms with Gasteiger partial charge in [-0.05, 0) is 34.1 Å². The Morgan fingerprint density at radius 1 is 0.682 bits per heavy atom. The average Bonchev–Trinajstić information content (AvgIpc) is 3.54. The number of alkyl carbamates (subject to hydrolysis) is 2. The van der Waals surface area contributed by atoms with E-state index < -0.39 is 110 Å². The first-order valence-corrected chi connectivity index (χ1v) is 29.6. The van der Waals surface area contributed by atoms with Crippen LogP contribution in [0, 0.1) is 36.4 Å². The van der Waals surface area contributed by atoms with Crippen molar-refractivity contribution in [3.8, 4) is 0 Å². The summed E-state index contributed by atoms with van der Waals surface area (Å²) in [6, 6.07) is 20.2. The average molecular weight is 1300 g/mol. The Labute approximate surface area is 506 Å². The number of nitrogens with one attached hydrogen (secondary N) is 2. The van der Waals surface area contributed by atoms with Crippen molar-refractivity contribution >= 4 is 76.2 Å². The van der Waals surface area contributed by atoms with Crippen LogP contribution in [0.3, 0.4) is 0 Å². The van der Waals surface area contributed by atoms with Crippen LogP contribution in [0.25, 0.3) is 0 Å². The van der Waals surface area contributed by atoms with Crippen molar-refractivity contribution in [1.82, 2.24) is 10.6 Å². The number of nitro groups is 3. The topological polar surface area (TPSA) is 491 Å². The van der Waals surface area contributed by atoms with Gasteiger partial charge in [0.25, 0.3) is 17.1 Å². The lowest BCUT2D eigenvalue weighted by molar-refractivity contribution is -0.385. The summed E-state index contributed by atoms with van der Waals surface area (Å²) in [5, 5.41) is 65.0. The van der Waals surface area contributed by atoms with E-state index >= 15 is 0 Å². The standard InChI is InChI=1S/C20H23N2O9P.C13H14NO6P.C11H15N2O7P.C7H5NO3.3CH4/c1-30-18(23)17(21-20(25)31-13-14-6-3-2-4-7-14)10-11-32(28,29)19(24)15-8-5-9-16(12-15)22(26)27;1-19-12(15)11(7-8-21(17)18)14-13(16)20-9-10-5-3-2-4-6-10;12-9(10(14)15)4-5-21(19,20)11(16)7-2-1-3-8(6-7)13(17)18;9-5-6-2-1-3-7(4-6)8(10)11;;;/h2-9,12,17,19,24H,10-11,13H2,1H3,(H,21,25)(H,28,29);3-6,11H,7-9H2,1H3;1-3,6,9,11,16H,4-5,12H2,(H,14,15)(H,19,20);1-5H;3*1H4/p+2/t17-,19?;11-;9-,11?;;;;/m000..../s1. The Balaban J connectivity index is 0. The number of aliphatic carboxylic acids is 1. The van der Waals surface area contributed by atoms with Crippen molar-refractivity contribution < 1.29 is 106 Å². The molecule has 5 unspecified atom stereocenters. The second-order valence-corrected chi connectivity index (χ2v) is 23.3. The molecular weight excluding hydrogens is 1230 g/mol. The molecule has 34 heteroatoms. The lowest BCUT2D eigenvalue weighted by Gasteiger charge is -2.21. The van der Waals surface area contributed by atoms with E-state index in [4.69, 9.17) is 25.2 Å². The third-order valence-electron chi connectivity index (χ3n) is 11.1. The largest absolute Gasteiger partial charge is 0.505 e. The summed E-state index contributed by atoms with van der Waals surface area (Å²) >= 11 is 0. The number of hydrogen-bond acceptors (Lipinski definition) is 22. The van der Waals surface area contributed by atoms with Crippen LogP contribution >= 0.6 is 22.8 Å². The number of nitrogens with two attached hydrogens (primary N) is 1. The Hall–Kier alpha value is -8.85. The molecule has 480 valence electrons. The molecule has 88 heavy (non-hydrogen) atoms. The summed E-state index contributed by atoms with van der Waals surface area (Å²) in [6.07, 6.45) is 6.68. The molecule has 1 aliphatic rings. The lowest BCUT2D eigenvalue weighted by Crippen LogP contribution is -2.42. The smallest absolute Gasteiger partial charge is 0.480 e. The number of carboxylic acids is 1. The minimum absolute atomic E-state index is 0. The lowest BCUT2D eigenvalue weighted by atomic mass is 10.2. The van der Waals surface area contributed by atoms with E-state index in [0.29, 0.717) is 11.8 Å². The van der Waals surface area contributed by atoms with Crippen LogP contribution < -0.4 is 16.4 Å². The number of allylic oxidation sites excluding steroid dienone is 4. The highest BCUT2D eigenvalue weighted by molar-refractivity contribution is 7.58. The number of aliphatic hydroxyl groups is 2. The van der Waals surface area contributed by atoms with E-state index in [9.17, 15) is 92.8 Å². The number of non-ortho nitro benzene ring substituents is 3. The van der Waals surface area contributed by atoms with Crippen LogP contribution in [-0.4, -0.2) is 139 Å². The number of amides is 2. The monoisotopic (exact) mass is 1300 g/mol. The van der Waals surface area contributed by atoms with Gasteiger partial charge in [0, 0.05) is 66.8 Å². The third kappa shape index (κ3) is 30.0. The minimum Gasteiger partial charge on any atom is -0.480 e. The van der Waals surface area contributed by atoms with Crippen molar-refractivity contribution in [2.75, 3.05) is 39.3 Å². The molecule has 0 fully saturated rings. The fourth-order valence-corrected chi connectivity index (χ4v) is 10.1. The van der Waals surface area contributed by atoms with Gasteiger partial charge >= 0.3 is 38.1 Å². The van der Waals surface area contributed by atoms with Crippen molar-refractivity contribution in [1.29, 1.82) is 0 Å². The van der Waals surface area contributed by atoms with Gasteiger partial charge in [-0.15, -0.1) is 0 Å². The van der Waals surface area contributed by atoms with Gasteiger partial charge in [0.2, 0.25) is 14.7 Å². The second kappa shape index (κ2) is 41.3. The minimum atomic E-state index is -4.33. The van der Waals surface area contributed by atoms with E-state index in [1.165, 1.54) is 67.8 Å². The predicted molar refractivity (Wildman–Crippen MR) is 319 cm³/mol. The van der Waals surface area contributed by atoms with Gasteiger partial charge in [0.1, 0.15) is 55.4 Å². The maximum Gasteiger partial charge on any atom is 0.505 e.